The number of rotatable bonds is 2. The summed E-state index contributed by atoms with van der Waals surface area (Å²) in [6.07, 6.45) is 1.83. The largest absolute Gasteiger partial charge is 0.353 e. The molecule has 3 aromatic rings. The quantitative estimate of drug-likeness (QED) is 0.719. The molecule has 1 fully saturated rings. The van der Waals surface area contributed by atoms with Gasteiger partial charge in [-0.25, -0.2) is 9.97 Å². The predicted octanol–water partition coefficient (Wildman–Crippen LogP) is 2.29. The number of piperazine rings is 1. The van der Waals surface area contributed by atoms with Crippen LogP contribution in [0.4, 0.5) is 11.6 Å². The van der Waals surface area contributed by atoms with E-state index in [9.17, 15) is 4.79 Å². The first-order valence-electron chi connectivity index (χ1n) is 7.86. The maximum Gasteiger partial charge on any atom is 0.248 e. The molecule has 0 atom stereocenters. The summed E-state index contributed by atoms with van der Waals surface area (Å²) in [6, 6.07) is 11.6. The second-order valence-electron chi connectivity index (χ2n) is 5.77. The van der Waals surface area contributed by atoms with Crippen molar-refractivity contribution in [3.05, 3.63) is 57.7 Å². The second-order valence-corrected chi connectivity index (χ2v) is 6.68. The van der Waals surface area contributed by atoms with Gasteiger partial charge in [0.2, 0.25) is 5.43 Å². The minimum Gasteiger partial charge on any atom is -0.353 e. The summed E-state index contributed by atoms with van der Waals surface area (Å²) in [6.45, 7) is 5.44. The van der Waals surface area contributed by atoms with E-state index < -0.39 is 0 Å². The molecule has 5 nitrogen and oxygen atoms in total. The Morgan fingerprint density at radius 2 is 1.92 bits per heavy atom. The molecule has 6 heteroatoms. The Kier molecular flexibility index (Phi) is 3.79. The first-order chi connectivity index (χ1) is 11.7. The van der Waals surface area contributed by atoms with Crippen molar-refractivity contribution in [2.75, 3.05) is 36.0 Å². The lowest BCUT2D eigenvalue weighted by Gasteiger charge is -2.35. The van der Waals surface area contributed by atoms with Gasteiger partial charge in [-0.2, -0.15) is 0 Å². The molecule has 4 heterocycles. The molecule has 4 rings (SSSR count). The maximum atomic E-state index is 12.0. The summed E-state index contributed by atoms with van der Waals surface area (Å²) in [5.74, 6) is 1.74. The number of thiophene rings is 1. The zero-order valence-electron chi connectivity index (χ0n) is 13.3. The van der Waals surface area contributed by atoms with Crippen molar-refractivity contribution in [1.82, 2.24) is 9.97 Å². The van der Waals surface area contributed by atoms with Gasteiger partial charge in [-0.3, -0.25) is 4.79 Å². The summed E-state index contributed by atoms with van der Waals surface area (Å²) >= 11 is 1.40. The van der Waals surface area contributed by atoms with Gasteiger partial charge >= 0.3 is 0 Å². The number of nitrogens with zero attached hydrogens (tertiary/aromatic N) is 4. The fraction of sp³-hybridized carbons (Fsp3) is 0.278. The monoisotopic (exact) mass is 336 g/mol. The van der Waals surface area contributed by atoms with E-state index in [1.807, 2.05) is 23.7 Å². The van der Waals surface area contributed by atoms with Crippen LogP contribution < -0.4 is 15.2 Å². The highest BCUT2D eigenvalue weighted by atomic mass is 32.1. The first kappa shape index (κ1) is 14.9. The summed E-state index contributed by atoms with van der Waals surface area (Å²) in [7, 11) is 0. The summed E-state index contributed by atoms with van der Waals surface area (Å²) < 4.78 is 0.639. The predicted molar refractivity (Wildman–Crippen MR) is 97.0 cm³/mol. The zero-order chi connectivity index (χ0) is 16.5. The molecule has 0 bridgehead atoms. The molecule has 0 spiro atoms. The third-order valence-corrected chi connectivity index (χ3v) is 5.13. The SMILES string of the molecule is Cc1cccnc1N1CCN(c2c#cc(=O)c3sccc3n2)CC1. The Balaban J connectivity index is 1.57. The smallest absolute Gasteiger partial charge is 0.248 e. The van der Waals surface area contributed by atoms with E-state index in [4.69, 9.17) is 0 Å². The van der Waals surface area contributed by atoms with Crippen molar-refractivity contribution in [2.45, 2.75) is 6.92 Å². The number of aromatic nitrogens is 2. The third kappa shape index (κ3) is 2.68. The van der Waals surface area contributed by atoms with Gasteiger partial charge in [0.05, 0.1) is 5.52 Å². The summed E-state index contributed by atoms with van der Waals surface area (Å²) in [4.78, 5) is 25.5. The summed E-state index contributed by atoms with van der Waals surface area (Å²) in [5, 5.41) is 1.89. The Hall–Kier alpha value is -2.65. The highest BCUT2D eigenvalue weighted by molar-refractivity contribution is 7.17. The van der Waals surface area contributed by atoms with Crippen LogP contribution in [0.3, 0.4) is 0 Å². The number of aryl methyl sites for hydroxylation is 1. The first-order valence-corrected chi connectivity index (χ1v) is 8.74. The van der Waals surface area contributed by atoms with Crippen molar-refractivity contribution in [3.8, 4) is 0 Å². The molecule has 3 aromatic heterocycles. The minimum atomic E-state index is -0.138. The standard InChI is InChI=1S/C18H16N4OS/c1-13-3-2-7-19-18(13)22-10-8-21(9-11-22)16-5-4-15(23)17-14(20-16)6-12-24-17/h2-3,6-7,12H,8-11H2,1H3. The lowest BCUT2D eigenvalue weighted by molar-refractivity contribution is 0.641. The topological polar surface area (TPSA) is 49.3 Å². The Labute approximate surface area is 144 Å². The fourth-order valence-corrected chi connectivity index (χ4v) is 3.69. The van der Waals surface area contributed by atoms with Crippen molar-refractivity contribution in [3.63, 3.8) is 0 Å². The van der Waals surface area contributed by atoms with E-state index in [1.54, 1.807) is 0 Å². The second kappa shape index (κ2) is 6.10. The highest BCUT2D eigenvalue weighted by Gasteiger charge is 2.20. The van der Waals surface area contributed by atoms with Crippen LogP contribution in [-0.2, 0) is 0 Å². The molecule has 0 unspecified atom stereocenters. The number of hydrogen-bond donors (Lipinski definition) is 0. The Bertz CT molecular complexity index is 931. The van der Waals surface area contributed by atoms with Crippen LogP contribution in [0.2, 0.25) is 0 Å². The van der Waals surface area contributed by atoms with Crippen LogP contribution in [0.15, 0.2) is 34.6 Å². The molecular weight excluding hydrogens is 320 g/mol. The van der Waals surface area contributed by atoms with Crippen molar-refractivity contribution < 1.29 is 0 Å². The molecule has 120 valence electrons. The molecule has 1 aliphatic rings. The van der Waals surface area contributed by atoms with Crippen LogP contribution in [0.25, 0.3) is 10.2 Å². The van der Waals surface area contributed by atoms with Gasteiger partial charge in [0.25, 0.3) is 0 Å². The van der Waals surface area contributed by atoms with Crippen LogP contribution in [0, 0.1) is 19.1 Å². The molecule has 0 saturated carbocycles. The average Bonchev–Trinajstić information content (AvgIpc) is 3.01. The van der Waals surface area contributed by atoms with E-state index in [1.165, 1.54) is 16.9 Å². The Morgan fingerprint density at radius 1 is 1.12 bits per heavy atom. The molecule has 1 aliphatic heterocycles. The average molecular weight is 336 g/mol. The van der Waals surface area contributed by atoms with Crippen molar-refractivity contribution in [2.24, 2.45) is 0 Å². The van der Waals surface area contributed by atoms with Gasteiger partial charge in [0, 0.05) is 32.4 Å². The zero-order valence-corrected chi connectivity index (χ0v) is 14.1. The molecule has 0 aliphatic carbocycles. The van der Waals surface area contributed by atoms with Crippen LogP contribution in [-0.4, -0.2) is 36.1 Å². The lowest BCUT2D eigenvalue weighted by Crippen LogP contribution is -2.47. The molecule has 1 saturated heterocycles. The number of fused-ring (bicyclic) bond motifs is 1. The van der Waals surface area contributed by atoms with Crippen LogP contribution >= 0.6 is 11.3 Å². The normalized spacial score (nSPS) is 14.7. The van der Waals surface area contributed by atoms with Gasteiger partial charge < -0.3 is 9.80 Å². The van der Waals surface area contributed by atoms with E-state index in [2.05, 4.69) is 44.9 Å². The molecule has 0 radical (unpaired) electrons. The van der Waals surface area contributed by atoms with E-state index in [0.717, 1.165) is 37.5 Å². The number of pyridine rings is 1. The molecule has 0 N–H and O–H groups in total. The molecular formula is C18H16N4OS. The van der Waals surface area contributed by atoms with Crippen molar-refractivity contribution >= 4 is 33.2 Å². The van der Waals surface area contributed by atoms with Crippen LogP contribution in [0.5, 0.6) is 0 Å². The Morgan fingerprint density at radius 3 is 2.71 bits per heavy atom. The fourth-order valence-electron chi connectivity index (χ4n) is 2.96. The van der Waals surface area contributed by atoms with Gasteiger partial charge in [-0.1, -0.05) is 6.07 Å². The third-order valence-electron chi connectivity index (χ3n) is 4.23. The van der Waals surface area contributed by atoms with E-state index in [0.29, 0.717) is 10.5 Å². The van der Waals surface area contributed by atoms with Gasteiger partial charge in [-0.05, 0) is 42.1 Å². The van der Waals surface area contributed by atoms with Gasteiger partial charge in [0.1, 0.15) is 10.5 Å². The summed E-state index contributed by atoms with van der Waals surface area (Å²) in [5.41, 5.74) is 1.77. The molecule has 24 heavy (non-hydrogen) atoms. The maximum absolute atomic E-state index is 12.0. The van der Waals surface area contributed by atoms with Gasteiger partial charge in [-0.15, -0.1) is 11.3 Å². The number of hydrogen-bond acceptors (Lipinski definition) is 6. The van der Waals surface area contributed by atoms with Gasteiger partial charge in [0.15, 0.2) is 5.82 Å². The molecule has 0 aromatic carbocycles. The lowest BCUT2D eigenvalue weighted by atomic mass is 10.2. The molecule has 0 amide bonds. The van der Waals surface area contributed by atoms with E-state index >= 15 is 0 Å². The van der Waals surface area contributed by atoms with Crippen LogP contribution in [0.1, 0.15) is 5.56 Å². The van der Waals surface area contributed by atoms with Crippen molar-refractivity contribution in [1.29, 1.82) is 0 Å². The van der Waals surface area contributed by atoms with E-state index in [-0.39, 0.29) is 5.43 Å². The number of anilines is 2. The highest BCUT2D eigenvalue weighted by Crippen LogP contribution is 2.20. The minimum absolute atomic E-state index is 0.138.